The number of halogens is 1. The summed E-state index contributed by atoms with van der Waals surface area (Å²) in [6.45, 7) is 1.80. The quantitative estimate of drug-likeness (QED) is 0.573. The molecule has 0 atom stereocenters. The van der Waals surface area contributed by atoms with Gasteiger partial charge in [-0.25, -0.2) is 9.37 Å². The number of aromatic nitrogens is 2. The van der Waals surface area contributed by atoms with Gasteiger partial charge in [0.05, 0.1) is 5.69 Å². The third-order valence-corrected chi connectivity index (χ3v) is 5.09. The molecule has 3 aromatic rings. The molecule has 150 valence electrons. The van der Waals surface area contributed by atoms with Crippen LogP contribution < -0.4 is 9.64 Å². The van der Waals surface area contributed by atoms with Crippen LogP contribution >= 0.6 is 0 Å². The van der Waals surface area contributed by atoms with E-state index in [0.29, 0.717) is 23.4 Å². The molecule has 0 bridgehead atoms. The van der Waals surface area contributed by atoms with Crippen LogP contribution in [0.3, 0.4) is 0 Å². The standard InChI is InChI=1S/C22H22FN3O3/c1-3-17-21(25(2)22(28)15-6-7-15)26-12-4-5-19(20(26)24-17)29-13-18(27)14-8-10-16(23)11-9-14/h4-5,8-12,15H,3,6-7,13H2,1-2H3. The number of Topliss-reactive ketones (excluding diaryl/α,β-unsaturated/α-hetero) is 1. The molecular formula is C22H22FN3O3. The molecule has 0 saturated heterocycles. The minimum absolute atomic E-state index is 0.0966. The zero-order valence-electron chi connectivity index (χ0n) is 16.4. The topological polar surface area (TPSA) is 63.9 Å². The molecule has 2 aromatic heterocycles. The Balaban J connectivity index is 1.61. The van der Waals surface area contributed by atoms with Crippen LogP contribution in [0.4, 0.5) is 10.2 Å². The molecule has 0 unspecified atom stereocenters. The van der Waals surface area contributed by atoms with Gasteiger partial charge in [0, 0.05) is 24.7 Å². The smallest absolute Gasteiger partial charge is 0.231 e. The molecule has 7 heteroatoms. The first-order valence-electron chi connectivity index (χ1n) is 9.68. The number of pyridine rings is 1. The van der Waals surface area contributed by atoms with Gasteiger partial charge in [-0.2, -0.15) is 0 Å². The van der Waals surface area contributed by atoms with E-state index in [0.717, 1.165) is 24.4 Å². The van der Waals surface area contributed by atoms with Crippen molar-refractivity contribution in [2.24, 2.45) is 5.92 Å². The molecule has 0 N–H and O–H groups in total. The van der Waals surface area contributed by atoms with E-state index in [1.165, 1.54) is 24.3 Å². The highest BCUT2D eigenvalue weighted by molar-refractivity contribution is 5.97. The van der Waals surface area contributed by atoms with Gasteiger partial charge in [0.1, 0.15) is 11.6 Å². The molecule has 1 aliphatic rings. The van der Waals surface area contributed by atoms with E-state index in [1.54, 1.807) is 24.1 Å². The number of fused-ring (bicyclic) bond motifs is 1. The Morgan fingerprint density at radius 3 is 2.62 bits per heavy atom. The highest BCUT2D eigenvalue weighted by Crippen LogP contribution is 2.34. The second-order valence-corrected chi connectivity index (χ2v) is 7.19. The lowest BCUT2D eigenvalue weighted by Gasteiger charge is -2.18. The van der Waals surface area contributed by atoms with Crippen molar-refractivity contribution in [2.75, 3.05) is 18.6 Å². The van der Waals surface area contributed by atoms with Gasteiger partial charge in [0.15, 0.2) is 23.8 Å². The number of rotatable bonds is 7. The normalized spacial score (nSPS) is 13.5. The van der Waals surface area contributed by atoms with Gasteiger partial charge in [-0.15, -0.1) is 0 Å². The fourth-order valence-electron chi connectivity index (χ4n) is 3.35. The molecule has 29 heavy (non-hydrogen) atoms. The molecule has 2 heterocycles. The van der Waals surface area contributed by atoms with Crippen LogP contribution in [0.1, 0.15) is 35.8 Å². The average molecular weight is 395 g/mol. The van der Waals surface area contributed by atoms with Gasteiger partial charge in [-0.1, -0.05) is 6.92 Å². The van der Waals surface area contributed by atoms with Crippen LogP contribution in [-0.4, -0.2) is 34.7 Å². The van der Waals surface area contributed by atoms with Crippen LogP contribution in [0.5, 0.6) is 5.75 Å². The zero-order chi connectivity index (χ0) is 20.5. The van der Waals surface area contributed by atoms with Crippen LogP contribution in [0.15, 0.2) is 42.6 Å². The van der Waals surface area contributed by atoms with Gasteiger partial charge in [0.25, 0.3) is 0 Å². The monoisotopic (exact) mass is 395 g/mol. The summed E-state index contributed by atoms with van der Waals surface area (Å²) in [5, 5.41) is 0. The lowest BCUT2D eigenvalue weighted by molar-refractivity contribution is -0.119. The molecule has 0 radical (unpaired) electrons. The number of anilines is 1. The number of benzene rings is 1. The van der Waals surface area contributed by atoms with E-state index in [2.05, 4.69) is 4.98 Å². The maximum absolute atomic E-state index is 13.0. The van der Waals surface area contributed by atoms with Gasteiger partial charge >= 0.3 is 0 Å². The Bertz CT molecular complexity index is 1070. The first-order chi connectivity index (χ1) is 14.0. The van der Waals surface area contributed by atoms with E-state index < -0.39 is 5.82 Å². The van der Waals surface area contributed by atoms with Crippen LogP contribution in [0.25, 0.3) is 5.65 Å². The molecular weight excluding hydrogens is 373 g/mol. The van der Waals surface area contributed by atoms with Crippen molar-refractivity contribution < 1.29 is 18.7 Å². The van der Waals surface area contributed by atoms with Gasteiger partial charge in [-0.05, 0) is 55.7 Å². The number of nitrogens with zero attached hydrogens (tertiary/aromatic N) is 3. The minimum atomic E-state index is -0.394. The highest BCUT2D eigenvalue weighted by atomic mass is 19.1. The lowest BCUT2D eigenvalue weighted by atomic mass is 10.1. The molecule has 4 rings (SSSR count). The van der Waals surface area contributed by atoms with E-state index in [9.17, 15) is 14.0 Å². The summed E-state index contributed by atoms with van der Waals surface area (Å²) in [5.41, 5.74) is 1.73. The number of ether oxygens (including phenoxy) is 1. The number of aryl methyl sites for hydroxylation is 1. The molecule has 1 amide bonds. The van der Waals surface area contributed by atoms with Crippen molar-refractivity contribution in [3.8, 4) is 5.75 Å². The molecule has 0 spiro atoms. The summed E-state index contributed by atoms with van der Waals surface area (Å²) in [6, 6.07) is 8.90. The lowest BCUT2D eigenvalue weighted by Crippen LogP contribution is -2.29. The maximum atomic E-state index is 13.0. The summed E-state index contributed by atoms with van der Waals surface area (Å²) in [6.07, 6.45) is 4.36. The second kappa shape index (κ2) is 7.66. The Morgan fingerprint density at radius 2 is 1.97 bits per heavy atom. The predicted octanol–water partition coefficient (Wildman–Crippen LogP) is 3.67. The third kappa shape index (κ3) is 3.72. The Labute approximate surface area is 167 Å². The Kier molecular flexibility index (Phi) is 5.05. The number of ketones is 1. The Hall–Kier alpha value is -3.22. The fourth-order valence-corrected chi connectivity index (χ4v) is 3.35. The molecule has 1 aliphatic carbocycles. The first kappa shape index (κ1) is 19.1. The van der Waals surface area contributed by atoms with Crippen molar-refractivity contribution in [2.45, 2.75) is 26.2 Å². The van der Waals surface area contributed by atoms with Gasteiger partial charge < -0.3 is 4.74 Å². The van der Waals surface area contributed by atoms with Gasteiger partial charge in [0.2, 0.25) is 5.91 Å². The molecule has 1 aromatic carbocycles. The van der Waals surface area contributed by atoms with Crippen molar-refractivity contribution >= 4 is 23.2 Å². The van der Waals surface area contributed by atoms with Crippen LogP contribution in [0, 0.1) is 11.7 Å². The summed E-state index contributed by atoms with van der Waals surface area (Å²) in [7, 11) is 1.77. The third-order valence-electron chi connectivity index (χ3n) is 5.09. The number of hydrogen-bond donors (Lipinski definition) is 0. The number of imidazole rings is 1. The van der Waals surface area contributed by atoms with Crippen LogP contribution in [-0.2, 0) is 11.2 Å². The van der Waals surface area contributed by atoms with E-state index >= 15 is 0 Å². The SMILES string of the molecule is CCc1nc2c(OCC(=O)c3ccc(F)cc3)cccn2c1N(C)C(=O)C1CC1. The van der Waals surface area contributed by atoms with E-state index in [-0.39, 0.29) is 24.2 Å². The number of carbonyl (C=O) groups is 2. The zero-order valence-corrected chi connectivity index (χ0v) is 16.4. The summed E-state index contributed by atoms with van der Waals surface area (Å²) in [5.74, 6) is 0.734. The number of amides is 1. The number of hydrogen-bond acceptors (Lipinski definition) is 4. The van der Waals surface area contributed by atoms with Crippen molar-refractivity contribution in [3.05, 3.63) is 59.7 Å². The fraction of sp³-hybridized carbons (Fsp3) is 0.318. The second-order valence-electron chi connectivity index (χ2n) is 7.19. The first-order valence-corrected chi connectivity index (χ1v) is 9.68. The molecule has 6 nitrogen and oxygen atoms in total. The summed E-state index contributed by atoms with van der Waals surface area (Å²) in [4.78, 5) is 31.3. The van der Waals surface area contributed by atoms with Crippen molar-refractivity contribution in [1.29, 1.82) is 0 Å². The summed E-state index contributed by atoms with van der Waals surface area (Å²) >= 11 is 0. The van der Waals surface area contributed by atoms with E-state index in [1.807, 2.05) is 17.5 Å². The molecule has 1 fully saturated rings. The van der Waals surface area contributed by atoms with Gasteiger partial charge in [-0.3, -0.25) is 18.9 Å². The summed E-state index contributed by atoms with van der Waals surface area (Å²) < 4.78 is 20.6. The maximum Gasteiger partial charge on any atom is 0.231 e. The number of carbonyl (C=O) groups excluding carboxylic acids is 2. The van der Waals surface area contributed by atoms with Crippen molar-refractivity contribution in [1.82, 2.24) is 9.38 Å². The van der Waals surface area contributed by atoms with Crippen LogP contribution in [0.2, 0.25) is 0 Å². The molecule has 0 aliphatic heterocycles. The molecule has 1 saturated carbocycles. The minimum Gasteiger partial charge on any atom is -0.482 e. The predicted molar refractivity (Wildman–Crippen MR) is 107 cm³/mol. The highest BCUT2D eigenvalue weighted by Gasteiger charge is 2.34. The van der Waals surface area contributed by atoms with E-state index in [4.69, 9.17) is 4.74 Å². The Morgan fingerprint density at radius 1 is 1.24 bits per heavy atom. The largest absolute Gasteiger partial charge is 0.482 e. The average Bonchev–Trinajstić information content (AvgIpc) is 3.51. The van der Waals surface area contributed by atoms with Crippen molar-refractivity contribution in [3.63, 3.8) is 0 Å².